The summed E-state index contributed by atoms with van der Waals surface area (Å²) in [5, 5.41) is 2.62. The third-order valence-electron chi connectivity index (χ3n) is 4.14. The lowest BCUT2D eigenvalue weighted by molar-refractivity contribution is 1.08. The highest BCUT2D eigenvalue weighted by molar-refractivity contribution is 5.90. The fourth-order valence-corrected chi connectivity index (χ4v) is 3.10. The van der Waals surface area contributed by atoms with E-state index in [1.165, 1.54) is 39.5 Å². The van der Waals surface area contributed by atoms with Gasteiger partial charge in [-0.1, -0.05) is 66.7 Å². The Balaban J connectivity index is 1.79. The lowest BCUT2D eigenvalue weighted by Crippen LogP contribution is -1.80. The van der Waals surface area contributed by atoms with Crippen LogP contribution in [0.4, 0.5) is 0 Å². The molecule has 0 unspecified atom stereocenters. The smallest absolute Gasteiger partial charge is 0.0178 e. The third-order valence-corrected chi connectivity index (χ3v) is 4.14. The van der Waals surface area contributed by atoms with Crippen LogP contribution in [0.3, 0.4) is 0 Å². The minimum atomic E-state index is 1.16. The molecule has 96 valence electrons. The molecular weight excluding hydrogens is 240 g/mol. The topological polar surface area (TPSA) is 0 Å². The number of hydrogen-bond donors (Lipinski definition) is 0. The van der Waals surface area contributed by atoms with Crippen LogP contribution in [0.15, 0.2) is 66.7 Å². The van der Waals surface area contributed by atoms with E-state index >= 15 is 0 Å². The van der Waals surface area contributed by atoms with E-state index in [1.807, 2.05) is 0 Å². The van der Waals surface area contributed by atoms with Crippen molar-refractivity contribution in [2.75, 3.05) is 0 Å². The Bertz CT molecular complexity index is 809. The number of fused-ring (bicyclic) bond motifs is 2. The van der Waals surface area contributed by atoms with Gasteiger partial charge in [0.1, 0.15) is 0 Å². The monoisotopic (exact) mass is 256 g/mol. The van der Waals surface area contributed by atoms with Crippen LogP contribution in [0.2, 0.25) is 0 Å². The summed E-state index contributed by atoms with van der Waals surface area (Å²) in [6.07, 6.45) is 4.68. The maximum absolute atomic E-state index is 2.35. The molecule has 0 atom stereocenters. The maximum Gasteiger partial charge on any atom is -0.0178 e. The second-order valence-electron chi connectivity index (χ2n) is 5.43. The lowest BCUT2D eigenvalue weighted by Gasteiger charge is -2.03. The van der Waals surface area contributed by atoms with Crippen LogP contribution < -0.4 is 0 Å². The first-order chi connectivity index (χ1) is 9.90. The molecule has 0 aromatic heterocycles. The van der Waals surface area contributed by atoms with Crippen molar-refractivity contribution in [1.29, 1.82) is 0 Å². The normalized spacial score (nSPS) is 15.7. The van der Waals surface area contributed by atoms with E-state index in [0.717, 1.165) is 6.42 Å². The van der Waals surface area contributed by atoms with E-state index < -0.39 is 0 Å². The lowest BCUT2D eigenvalue weighted by atomic mass is 10.0. The van der Waals surface area contributed by atoms with Crippen LogP contribution in [-0.2, 0) is 6.42 Å². The highest BCUT2D eigenvalue weighted by Crippen LogP contribution is 2.33. The maximum atomic E-state index is 2.35. The van der Waals surface area contributed by atoms with Crippen molar-refractivity contribution in [1.82, 2.24) is 0 Å². The van der Waals surface area contributed by atoms with Gasteiger partial charge in [-0.2, -0.15) is 0 Å². The van der Waals surface area contributed by atoms with Crippen LogP contribution >= 0.6 is 0 Å². The molecule has 0 saturated carbocycles. The molecule has 1 aliphatic carbocycles. The van der Waals surface area contributed by atoms with Gasteiger partial charge in [0.2, 0.25) is 0 Å². The van der Waals surface area contributed by atoms with E-state index in [4.69, 9.17) is 0 Å². The minimum absolute atomic E-state index is 1.16. The number of aryl methyl sites for hydroxylation is 1. The summed E-state index contributed by atoms with van der Waals surface area (Å²) in [7, 11) is 0. The summed E-state index contributed by atoms with van der Waals surface area (Å²) in [6.45, 7) is 0. The fourth-order valence-electron chi connectivity index (χ4n) is 3.10. The molecule has 1 aliphatic rings. The van der Waals surface area contributed by atoms with Crippen LogP contribution in [-0.4, -0.2) is 0 Å². The van der Waals surface area contributed by atoms with E-state index in [2.05, 4.69) is 72.8 Å². The van der Waals surface area contributed by atoms with Crippen molar-refractivity contribution in [3.8, 4) is 0 Å². The number of hydrogen-bond acceptors (Lipinski definition) is 0. The summed E-state index contributed by atoms with van der Waals surface area (Å²) in [4.78, 5) is 0. The van der Waals surface area contributed by atoms with Crippen molar-refractivity contribution in [3.05, 3.63) is 83.4 Å². The molecule has 3 aromatic rings. The van der Waals surface area contributed by atoms with Crippen molar-refractivity contribution in [2.45, 2.75) is 12.8 Å². The molecule has 0 nitrogen and oxygen atoms in total. The predicted molar refractivity (Wildman–Crippen MR) is 86.6 cm³/mol. The standard InChI is InChI=1S/C20H16/c1-2-7-18-13-15(9-10-16(18)5-1)14-19-12-11-17-6-3-4-8-20(17)19/h1-10,13-14H,11-12H2. The molecule has 3 aromatic carbocycles. The summed E-state index contributed by atoms with van der Waals surface area (Å²) < 4.78 is 0. The Labute approximate surface area is 119 Å². The third kappa shape index (κ3) is 1.94. The molecule has 4 rings (SSSR count). The highest BCUT2D eigenvalue weighted by atomic mass is 14.2. The van der Waals surface area contributed by atoms with Gasteiger partial charge >= 0.3 is 0 Å². The SMILES string of the molecule is C(=C1CCc2ccccc21)c1ccc2ccccc2c1. The highest BCUT2D eigenvalue weighted by Gasteiger charge is 2.14. The van der Waals surface area contributed by atoms with Gasteiger partial charge < -0.3 is 0 Å². The molecule has 0 spiro atoms. The van der Waals surface area contributed by atoms with Gasteiger partial charge in [0.15, 0.2) is 0 Å². The number of allylic oxidation sites excluding steroid dienone is 1. The molecule has 0 heterocycles. The second-order valence-corrected chi connectivity index (χ2v) is 5.43. The van der Waals surface area contributed by atoms with Crippen LogP contribution in [0, 0.1) is 0 Å². The first-order valence-electron chi connectivity index (χ1n) is 7.18. The molecule has 0 saturated heterocycles. The van der Waals surface area contributed by atoms with Crippen LogP contribution in [0.1, 0.15) is 23.1 Å². The van der Waals surface area contributed by atoms with Gasteiger partial charge in [-0.05, 0) is 51.9 Å². The van der Waals surface area contributed by atoms with Gasteiger partial charge in [-0.3, -0.25) is 0 Å². The molecule has 0 fully saturated rings. The summed E-state index contributed by atoms with van der Waals surface area (Å²) in [6, 6.07) is 24.0. The first-order valence-corrected chi connectivity index (χ1v) is 7.18. The second kappa shape index (κ2) is 4.64. The van der Waals surface area contributed by atoms with Gasteiger partial charge in [-0.25, -0.2) is 0 Å². The van der Waals surface area contributed by atoms with Gasteiger partial charge in [0.25, 0.3) is 0 Å². The van der Waals surface area contributed by atoms with E-state index in [1.54, 1.807) is 0 Å². The largest absolute Gasteiger partial charge is 0.0620 e. The van der Waals surface area contributed by atoms with Crippen molar-refractivity contribution in [2.24, 2.45) is 0 Å². The molecule has 0 radical (unpaired) electrons. The summed E-state index contributed by atoms with van der Waals surface area (Å²) in [5.74, 6) is 0. The predicted octanol–water partition coefficient (Wildman–Crippen LogP) is 5.33. The van der Waals surface area contributed by atoms with Gasteiger partial charge in [0.05, 0.1) is 0 Å². The Morgan fingerprint density at radius 2 is 1.50 bits per heavy atom. The molecule has 20 heavy (non-hydrogen) atoms. The quantitative estimate of drug-likeness (QED) is 0.552. The van der Waals surface area contributed by atoms with E-state index in [9.17, 15) is 0 Å². The zero-order valence-corrected chi connectivity index (χ0v) is 11.3. The zero-order valence-electron chi connectivity index (χ0n) is 11.3. The van der Waals surface area contributed by atoms with Crippen LogP contribution in [0.5, 0.6) is 0 Å². The Morgan fingerprint density at radius 3 is 2.45 bits per heavy atom. The Hall–Kier alpha value is -2.34. The summed E-state index contributed by atoms with van der Waals surface area (Å²) >= 11 is 0. The van der Waals surface area contributed by atoms with Crippen molar-refractivity contribution < 1.29 is 0 Å². The molecule has 0 heteroatoms. The first kappa shape index (κ1) is 11.5. The molecular formula is C20H16. The van der Waals surface area contributed by atoms with Crippen LogP contribution in [0.25, 0.3) is 22.4 Å². The zero-order chi connectivity index (χ0) is 13.4. The van der Waals surface area contributed by atoms with E-state index in [-0.39, 0.29) is 0 Å². The average Bonchev–Trinajstić information content (AvgIpc) is 2.91. The van der Waals surface area contributed by atoms with E-state index in [0.29, 0.717) is 0 Å². The van der Waals surface area contributed by atoms with Crippen molar-refractivity contribution >= 4 is 22.4 Å². The van der Waals surface area contributed by atoms with Crippen molar-refractivity contribution in [3.63, 3.8) is 0 Å². The Morgan fingerprint density at radius 1 is 0.700 bits per heavy atom. The minimum Gasteiger partial charge on any atom is -0.0620 e. The average molecular weight is 256 g/mol. The Kier molecular flexibility index (Phi) is 2.67. The number of benzene rings is 3. The molecule has 0 N–H and O–H groups in total. The molecule has 0 amide bonds. The van der Waals surface area contributed by atoms with Gasteiger partial charge in [-0.15, -0.1) is 0 Å². The molecule has 0 aliphatic heterocycles. The van der Waals surface area contributed by atoms with Gasteiger partial charge in [0, 0.05) is 0 Å². The summed E-state index contributed by atoms with van der Waals surface area (Å²) in [5.41, 5.74) is 5.69. The molecule has 0 bridgehead atoms. The number of rotatable bonds is 1. The fraction of sp³-hybridized carbons (Fsp3) is 0.100.